The predicted octanol–water partition coefficient (Wildman–Crippen LogP) is 5.18. The number of hydrogen-bond acceptors (Lipinski definition) is 6. The lowest BCUT2D eigenvalue weighted by Gasteiger charge is -2.27. The van der Waals surface area contributed by atoms with E-state index in [1.54, 1.807) is 6.07 Å². The first-order valence-corrected chi connectivity index (χ1v) is 17.5. The molecule has 0 saturated heterocycles. The van der Waals surface area contributed by atoms with Crippen molar-refractivity contribution in [3.8, 4) is 11.1 Å². The topological polar surface area (TPSA) is 130 Å². The first-order chi connectivity index (χ1) is 20.1. The third-order valence-electron chi connectivity index (χ3n) is 8.31. The van der Waals surface area contributed by atoms with Crippen LogP contribution < -0.4 is 11.1 Å². The van der Waals surface area contributed by atoms with Crippen molar-refractivity contribution < 1.29 is 23.1 Å². The Kier molecular flexibility index (Phi) is 13.5. The van der Waals surface area contributed by atoms with E-state index < -0.39 is 27.8 Å². The Morgan fingerprint density at radius 2 is 1.76 bits per heavy atom. The van der Waals surface area contributed by atoms with Gasteiger partial charge in [-0.25, -0.2) is 13.2 Å². The van der Waals surface area contributed by atoms with Crippen LogP contribution in [0.5, 0.6) is 0 Å². The lowest BCUT2D eigenvalue weighted by molar-refractivity contribution is -0.139. The molecule has 1 aliphatic rings. The summed E-state index contributed by atoms with van der Waals surface area (Å²) in [5, 5.41) is 12.2. The minimum atomic E-state index is -3.38. The third kappa shape index (κ3) is 11.2. The highest BCUT2D eigenvalue weighted by atomic mass is 32.2. The second-order valence-electron chi connectivity index (χ2n) is 11.9. The molecule has 9 heteroatoms. The molecule has 42 heavy (non-hydrogen) atoms. The maximum Gasteiger partial charge on any atom is 0.326 e. The van der Waals surface area contributed by atoms with Crippen LogP contribution in [0.3, 0.4) is 0 Å². The standard InChI is InChI=1S/C33H49N3O5S/c1-25-11-7-8-14-28(25)30-23-27(15-16-29(30)32(37)35-31(33(38)39)18-22-42(2,40)41)24-36(20-10-4-9-19-34)21-17-26-12-5-3-6-13-26/h7-8,11,14-16,23,26,31H,3-6,9-10,12-13,17-22,24,34H2,1-2H3,(H,35,37)(H,38,39)/t31-/m0/s1. The molecule has 0 aliphatic heterocycles. The molecule has 1 amide bonds. The molecule has 2 aromatic carbocycles. The molecule has 0 bridgehead atoms. The fourth-order valence-electron chi connectivity index (χ4n) is 5.84. The number of carboxylic acids is 1. The van der Waals surface area contributed by atoms with E-state index >= 15 is 0 Å². The third-order valence-corrected chi connectivity index (χ3v) is 9.28. The van der Waals surface area contributed by atoms with Crippen molar-refractivity contribution in [1.82, 2.24) is 10.2 Å². The minimum Gasteiger partial charge on any atom is -0.480 e. The van der Waals surface area contributed by atoms with Crippen LogP contribution in [0.1, 0.15) is 85.7 Å². The highest BCUT2D eigenvalue weighted by molar-refractivity contribution is 7.90. The van der Waals surface area contributed by atoms with Crippen molar-refractivity contribution in [3.05, 3.63) is 59.2 Å². The first kappa shape index (κ1) is 33.7. The van der Waals surface area contributed by atoms with Gasteiger partial charge in [0.1, 0.15) is 15.9 Å². The summed E-state index contributed by atoms with van der Waals surface area (Å²) in [6, 6.07) is 12.3. The molecule has 0 radical (unpaired) electrons. The molecule has 0 spiro atoms. The van der Waals surface area contributed by atoms with Crippen molar-refractivity contribution in [2.75, 3.05) is 31.6 Å². The number of hydrogen-bond donors (Lipinski definition) is 3. The van der Waals surface area contributed by atoms with Gasteiger partial charge in [0.05, 0.1) is 5.75 Å². The summed E-state index contributed by atoms with van der Waals surface area (Å²) in [5.74, 6) is -1.32. The van der Waals surface area contributed by atoms with Gasteiger partial charge in [-0.15, -0.1) is 0 Å². The largest absolute Gasteiger partial charge is 0.480 e. The van der Waals surface area contributed by atoms with Gasteiger partial charge in [0.25, 0.3) is 5.91 Å². The maximum absolute atomic E-state index is 13.5. The van der Waals surface area contributed by atoms with E-state index in [-0.39, 0.29) is 12.2 Å². The molecule has 3 rings (SSSR count). The number of nitrogens with one attached hydrogen (secondary N) is 1. The number of rotatable bonds is 17. The van der Waals surface area contributed by atoms with E-state index in [4.69, 9.17) is 5.73 Å². The van der Waals surface area contributed by atoms with E-state index in [1.807, 2.05) is 37.3 Å². The Morgan fingerprint density at radius 1 is 1.02 bits per heavy atom. The predicted molar refractivity (Wildman–Crippen MR) is 169 cm³/mol. The van der Waals surface area contributed by atoms with Crippen LogP contribution in [-0.2, 0) is 21.2 Å². The highest BCUT2D eigenvalue weighted by Crippen LogP contribution is 2.30. The van der Waals surface area contributed by atoms with Crippen LogP contribution in [0.25, 0.3) is 11.1 Å². The average Bonchev–Trinajstić information content (AvgIpc) is 2.96. The lowest BCUT2D eigenvalue weighted by atomic mass is 9.87. The summed E-state index contributed by atoms with van der Waals surface area (Å²) < 4.78 is 23.3. The number of carbonyl (C=O) groups is 2. The van der Waals surface area contributed by atoms with Gasteiger partial charge in [0, 0.05) is 18.4 Å². The van der Waals surface area contributed by atoms with Gasteiger partial charge in [-0.1, -0.05) is 68.9 Å². The molecule has 232 valence electrons. The summed E-state index contributed by atoms with van der Waals surface area (Å²) >= 11 is 0. The SMILES string of the molecule is Cc1ccccc1-c1cc(CN(CCCCCN)CCC2CCCCC2)ccc1C(=O)N[C@@H](CCS(C)(=O)=O)C(=O)O. The Labute approximate surface area is 252 Å². The fourth-order valence-corrected chi connectivity index (χ4v) is 6.50. The van der Waals surface area contributed by atoms with Crippen LogP contribution in [-0.4, -0.2) is 68.0 Å². The molecular formula is C33H49N3O5S. The maximum atomic E-state index is 13.5. The number of nitrogens with zero attached hydrogens (tertiary/aromatic N) is 1. The van der Waals surface area contributed by atoms with Gasteiger partial charge in [-0.2, -0.15) is 0 Å². The molecule has 0 heterocycles. The molecule has 0 aromatic heterocycles. The van der Waals surface area contributed by atoms with E-state index in [2.05, 4.69) is 16.3 Å². The summed E-state index contributed by atoms with van der Waals surface area (Å²) in [7, 11) is -3.38. The zero-order chi connectivity index (χ0) is 30.5. The Hall–Kier alpha value is -2.75. The molecule has 0 unspecified atom stereocenters. The number of carbonyl (C=O) groups excluding carboxylic acids is 1. The average molecular weight is 600 g/mol. The Bertz CT molecular complexity index is 1270. The van der Waals surface area contributed by atoms with Crippen molar-refractivity contribution >= 4 is 21.7 Å². The van der Waals surface area contributed by atoms with Gasteiger partial charge < -0.3 is 16.2 Å². The molecule has 1 fully saturated rings. The molecular weight excluding hydrogens is 550 g/mol. The van der Waals surface area contributed by atoms with E-state index in [1.165, 1.54) is 38.5 Å². The van der Waals surface area contributed by atoms with E-state index in [9.17, 15) is 23.1 Å². The van der Waals surface area contributed by atoms with E-state index in [0.717, 1.165) is 73.3 Å². The number of aryl methyl sites for hydroxylation is 1. The second kappa shape index (κ2) is 16.8. The van der Waals surface area contributed by atoms with Gasteiger partial charge in [-0.05, 0) is 92.5 Å². The fraction of sp³-hybridized carbons (Fsp3) is 0.576. The molecule has 1 atom stereocenters. The molecule has 2 aromatic rings. The summed E-state index contributed by atoms with van der Waals surface area (Å²) in [6.07, 6.45) is 12.0. The lowest BCUT2D eigenvalue weighted by Crippen LogP contribution is -2.42. The minimum absolute atomic E-state index is 0.197. The number of nitrogens with two attached hydrogens (primary N) is 1. The zero-order valence-corrected chi connectivity index (χ0v) is 26.1. The number of carboxylic acid groups (broad SMARTS) is 1. The first-order valence-electron chi connectivity index (χ1n) is 15.4. The smallest absolute Gasteiger partial charge is 0.326 e. The van der Waals surface area contributed by atoms with E-state index in [0.29, 0.717) is 12.1 Å². The Morgan fingerprint density at radius 3 is 2.43 bits per heavy atom. The van der Waals surface area contributed by atoms with Crippen LogP contribution in [0.2, 0.25) is 0 Å². The quantitative estimate of drug-likeness (QED) is 0.214. The Balaban J connectivity index is 1.86. The van der Waals surface area contributed by atoms with Gasteiger partial charge >= 0.3 is 5.97 Å². The summed E-state index contributed by atoms with van der Waals surface area (Å²) in [4.78, 5) is 27.8. The van der Waals surface area contributed by atoms with Gasteiger partial charge in [-0.3, -0.25) is 9.69 Å². The summed E-state index contributed by atoms with van der Waals surface area (Å²) in [6.45, 7) is 5.50. The molecule has 1 saturated carbocycles. The van der Waals surface area contributed by atoms with Crippen LogP contribution in [0.4, 0.5) is 0 Å². The van der Waals surface area contributed by atoms with Crippen LogP contribution >= 0.6 is 0 Å². The molecule has 1 aliphatic carbocycles. The number of benzene rings is 2. The van der Waals surface area contributed by atoms with Crippen LogP contribution in [0.15, 0.2) is 42.5 Å². The van der Waals surface area contributed by atoms with Gasteiger partial charge in [0.15, 0.2) is 0 Å². The van der Waals surface area contributed by atoms with Crippen molar-refractivity contribution in [2.45, 2.75) is 83.7 Å². The van der Waals surface area contributed by atoms with Gasteiger partial charge in [0.2, 0.25) is 0 Å². The normalized spacial score (nSPS) is 15.0. The monoisotopic (exact) mass is 599 g/mol. The molecule has 8 nitrogen and oxygen atoms in total. The number of aliphatic carboxylic acids is 1. The van der Waals surface area contributed by atoms with Crippen molar-refractivity contribution in [2.24, 2.45) is 11.7 Å². The van der Waals surface area contributed by atoms with Crippen LogP contribution in [0, 0.1) is 12.8 Å². The summed E-state index contributed by atoms with van der Waals surface area (Å²) in [5.41, 5.74) is 9.85. The number of amides is 1. The molecule has 4 N–H and O–H groups in total. The number of sulfone groups is 1. The zero-order valence-electron chi connectivity index (χ0n) is 25.3. The second-order valence-corrected chi connectivity index (χ2v) is 14.2. The van der Waals surface area contributed by atoms with Crippen molar-refractivity contribution in [1.29, 1.82) is 0 Å². The number of unbranched alkanes of at least 4 members (excludes halogenated alkanes) is 2. The highest BCUT2D eigenvalue weighted by Gasteiger charge is 2.24. The van der Waals surface area contributed by atoms with Crippen molar-refractivity contribution in [3.63, 3.8) is 0 Å².